The zero-order chi connectivity index (χ0) is 14.5. The van der Waals surface area contributed by atoms with Gasteiger partial charge in [-0.1, -0.05) is 25.0 Å². The second-order valence-corrected chi connectivity index (χ2v) is 6.62. The molecule has 3 heteroatoms. The van der Waals surface area contributed by atoms with Crippen molar-refractivity contribution in [1.29, 1.82) is 0 Å². The molecule has 1 fully saturated rings. The van der Waals surface area contributed by atoms with E-state index in [1.54, 1.807) is 0 Å². The van der Waals surface area contributed by atoms with Gasteiger partial charge in [0.05, 0.1) is 12.6 Å². The van der Waals surface area contributed by atoms with Gasteiger partial charge < -0.3 is 10.1 Å². The normalized spacial score (nSPS) is 16.8. The lowest BCUT2D eigenvalue weighted by molar-refractivity contribution is 0.340. The molecule has 0 amide bonds. The molecule has 0 aliphatic heterocycles. The average Bonchev–Trinajstić information content (AvgIpc) is 3.19. The second kappa shape index (κ2) is 6.99. The summed E-state index contributed by atoms with van der Waals surface area (Å²) in [5.74, 6) is 1.69. The van der Waals surface area contributed by atoms with Gasteiger partial charge >= 0.3 is 0 Å². The van der Waals surface area contributed by atoms with Crippen LogP contribution in [0.3, 0.4) is 0 Å². The van der Waals surface area contributed by atoms with Crippen LogP contribution in [0.25, 0.3) is 0 Å². The summed E-state index contributed by atoms with van der Waals surface area (Å²) in [5.41, 5.74) is 1.16. The first-order valence-corrected chi connectivity index (χ1v) is 8.77. The molecule has 3 rings (SSSR count). The number of benzene rings is 1. The summed E-state index contributed by atoms with van der Waals surface area (Å²) in [6, 6.07) is 13.2. The first-order chi connectivity index (χ1) is 10.4. The number of ether oxygens (including phenoxy) is 1. The van der Waals surface area contributed by atoms with Gasteiger partial charge in [-0.25, -0.2) is 0 Å². The molecule has 0 bridgehead atoms. The Balaban J connectivity index is 1.79. The van der Waals surface area contributed by atoms with E-state index >= 15 is 0 Å². The minimum Gasteiger partial charge on any atom is -0.494 e. The lowest BCUT2D eigenvalue weighted by Gasteiger charge is -2.25. The third kappa shape index (κ3) is 3.59. The Morgan fingerprint density at radius 3 is 2.81 bits per heavy atom. The van der Waals surface area contributed by atoms with Crippen LogP contribution in [-0.2, 0) is 0 Å². The molecule has 21 heavy (non-hydrogen) atoms. The summed E-state index contributed by atoms with van der Waals surface area (Å²) >= 11 is 1.86. The maximum absolute atomic E-state index is 5.61. The van der Waals surface area contributed by atoms with Crippen molar-refractivity contribution in [1.82, 2.24) is 0 Å². The highest BCUT2D eigenvalue weighted by Crippen LogP contribution is 2.39. The molecular weight excluding hydrogens is 278 g/mol. The van der Waals surface area contributed by atoms with Crippen LogP contribution in [0.1, 0.15) is 43.5 Å². The third-order valence-corrected chi connectivity index (χ3v) is 5.14. The van der Waals surface area contributed by atoms with Crippen LogP contribution < -0.4 is 10.1 Å². The lowest BCUT2D eigenvalue weighted by atomic mass is 9.96. The SMILES string of the molecule is CCOc1cccc(NC(c2cccs2)C2CCCC2)c1. The summed E-state index contributed by atoms with van der Waals surface area (Å²) in [5, 5.41) is 5.93. The van der Waals surface area contributed by atoms with Crippen molar-refractivity contribution in [3.63, 3.8) is 0 Å². The van der Waals surface area contributed by atoms with Crippen molar-refractivity contribution in [3.05, 3.63) is 46.7 Å². The number of thiophene rings is 1. The molecule has 1 aliphatic rings. The number of hydrogen-bond donors (Lipinski definition) is 1. The van der Waals surface area contributed by atoms with E-state index < -0.39 is 0 Å². The fourth-order valence-electron chi connectivity index (χ4n) is 3.20. The Hall–Kier alpha value is -1.48. The van der Waals surface area contributed by atoms with Crippen LogP contribution in [0.15, 0.2) is 41.8 Å². The maximum Gasteiger partial charge on any atom is 0.121 e. The van der Waals surface area contributed by atoms with Crippen molar-refractivity contribution in [3.8, 4) is 5.75 Å². The highest BCUT2D eigenvalue weighted by Gasteiger charge is 2.27. The van der Waals surface area contributed by atoms with Gasteiger partial charge in [-0.3, -0.25) is 0 Å². The zero-order valence-electron chi connectivity index (χ0n) is 12.5. The van der Waals surface area contributed by atoms with E-state index in [2.05, 4.69) is 41.0 Å². The molecule has 1 atom stereocenters. The highest BCUT2D eigenvalue weighted by molar-refractivity contribution is 7.10. The van der Waals surface area contributed by atoms with E-state index in [0.717, 1.165) is 17.4 Å². The molecule has 112 valence electrons. The molecule has 0 saturated heterocycles. The Morgan fingerprint density at radius 2 is 2.10 bits per heavy atom. The van der Waals surface area contributed by atoms with Crippen molar-refractivity contribution >= 4 is 17.0 Å². The quantitative estimate of drug-likeness (QED) is 0.761. The van der Waals surface area contributed by atoms with Crippen molar-refractivity contribution in [2.45, 2.75) is 38.6 Å². The first-order valence-electron chi connectivity index (χ1n) is 7.89. The average molecular weight is 301 g/mol. The van der Waals surface area contributed by atoms with E-state index in [1.165, 1.54) is 30.6 Å². The van der Waals surface area contributed by atoms with Crippen LogP contribution in [-0.4, -0.2) is 6.61 Å². The van der Waals surface area contributed by atoms with Gasteiger partial charge in [0, 0.05) is 16.6 Å². The minimum atomic E-state index is 0.435. The molecule has 0 radical (unpaired) electrons. The summed E-state index contributed by atoms with van der Waals surface area (Å²) in [6.45, 7) is 2.73. The summed E-state index contributed by atoms with van der Waals surface area (Å²) < 4.78 is 5.61. The van der Waals surface area contributed by atoms with Crippen LogP contribution >= 0.6 is 11.3 Å². The fraction of sp³-hybridized carbons (Fsp3) is 0.444. The van der Waals surface area contributed by atoms with E-state index in [0.29, 0.717) is 12.6 Å². The molecule has 1 aliphatic carbocycles. The predicted molar refractivity (Wildman–Crippen MR) is 90.3 cm³/mol. The Bertz CT molecular complexity index is 546. The molecule has 2 aromatic rings. The Labute approximate surface area is 131 Å². The zero-order valence-corrected chi connectivity index (χ0v) is 13.4. The van der Waals surface area contributed by atoms with Crippen LogP contribution in [0.2, 0.25) is 0 Å². The first kappa shape index (κ1) is 14.5. The molecule has 1 aromatic carbocycles. The van der Waals surface area contributed by atoms with Gasteiger partial charge in [0.15, 0.2) is 0 Å². The molecule has 1 heterocycles. The molecule has 1 unspecified atom stereocenters. The van der Waals surface area contributed by atoms with Crippen molar-refractivity contribution in [2.75, 3.05) is 11.9 Å². The van der Waals surface area contributed by atoms with Gasteiger partial charge in [0.1, 0.15) is 5.75 Å². The van der Waals surface area contributed by atoms with Gasteiger partial charge in [-0.2, -0.15) is 0 Å². The number of hydrogen-bond acceptors (Lipinski definition) is 3. The van der Waals surface area contributed by atoms with Gasteiger partial charge in [-0.05, 0) is 49.3 Å². The maximum atomic E-state index is 5.61. The van der Waals surface area contributed by atoms with E-state index in [1.807, 2.05) is 24.3 Å². The predicted octanol–water partition coefficient (Wildman–Crippen LogP) is 5.49. The van der Waals surface area contributed by atoms with E-state index in [-0.39, 0.29) is 0 Å². The Morgan fingerprint density at radius 1 is 1.24 bits per heavy atom. The molecule has 1 N–H and O–H groups in total. The summed E-state index contributed by atoms with van der Waals surface area (Å²) in [4.78, 5) is 1.45. The van der Waals surface area contributed by atoms with Crippen LogP contribution in [0, 0.1) is 5.92 Å². The third-order valence-electron chi connectivity index (χ3n) is 4.19. The molecule has 1 aromatic heterocycles. The largest absolute Gasteiger partial charge is 0.494 e. The van der Waals surface area contributed by atoms with Gasteiger partial charge in [-0.15, -0.1) is 11.3 Å². The molecule has 2 nitrogen and oxygen atoms in total. The van der Waals surface area contributed by atoms with E-state index in [9.17, 15) is 0 Å². The minimum absolute atomic E-state index is 0.435. The van der Waals surface area contributed by atoms with Crippen LogP contribution in [0.4, 0.5) is 5.69 Å². The fourth-order valence-corrected chi connectivity index (χ4v) is 4.07. The van der Waals surface area contributed by atoms with Gasteiger partial charge in [0.2, 0.25) is 0 Å². The number of nitrogens with one attached hydrogen (secondary N) is 1. The number of anilines is 1. The summed E-state index contributed by atoms with van der Waals surface area (Å²) in [6.07, 6.45) is 5.40. The second-order valence-electron chi connectivity index (χ2n) is 5.64. The topological polar surface area (TPSA) is 21.3 Å². The van der Waals surface area contributed by atoms with E-state index in [4.69, 9.17) is 4.74 Å². The van der Waals surface area contributed by atoms with Crippen LogP contribution in [0.5, 0.6) is 5.75 Å². The lowest BCUT2D eigenvalue weighted by Crippen LogP contribution is -2.18. The highest BCUT2D eigenvalue weighted by atomic mass is 32.1. The molecular formula is C18H23NOS. The number of rotatable bonds is 6. The monoisotopic (exact) mass is 301 g/mol. The summed E-state index contributed by atoms with van der Waals surface area (Å²) in [7, 11) is 0. The smallest absolute Gasteiger partial charge is 0.121 e. The molecule has 1 saturated carbocycles. The van der Waals surface area contributed by atoms with Crippen molar-refractivity contribution < 1.29 is 4.74 Å². The van der Waals surface area contributed by atoms with Crippen molar-refractivity contribution in [2.24, 2.45) is 5.92 Å². The van der Waals surface area contributed by atoms with Gasteiger partial charge in [0.25, 0.3) is 0 Å². The Kier molecular flexibility index (Phi) is 4.81. The molecule has 0 spiro atoms. The standard InChI is InChI=1S/C18H23NOS/c1-2-20-16-10-5-9-15(13-16)19-18(14-7-3-4-8-14)17-11-6-12-21-17/h5-6,9-14,18-19H,2-4,7-8H2,1H3.